The minimum absolute atomic E-state index is 0.0560. The van der Waals surface area contributed by atoms with Crippen molar-refractivity contribution in [2.45, 2.75) is 23.8 Å². The van der Waals surface area contributed by atoms with Crippen LogP contribution in [0.1, 0.15) is 16.7 Å². The number of nitrogens with one attached hydrogen (secondary N) is 3. The van der Waals surface area contributed by atoms with Crippen molar-refractivity contribution in [1.29, 1.82) is 0 Å². The summed E-state index contributed by atoms with van der Waals surface area (Å²) < 4.78 is 105. The van der Waals surface area contributed by atoms with E-state index >= 15 is 0 Å². The molecule has 0 atom stereocenters. The summed E-state index contributed by atoms with van der Waals surface area (Å²) in [7, 11) is -4.97. The molecule has 2 amide bonds. The molecule has 3 rings (SSSR count). The van der Waals surface area contributed by atoms with Crippen LogP contribution >= 0.6 is 0 Å². The zero-order valence-electron chi connectivity index (χ0n) is 17.4. The number of rotatable bonds is 6. The second-order valence-electron chi connectivity index (χ2n) is 7.04. The van der Waals surface area contributed by atoms with Crippen LogP contribution in [0.3, 0.4) is 0 Å². The largest absolute Gasteiger partial charge is 0.417 e. The third-order valence-electron chi connectivity index (χ3n) is 4.52. The van der Waals surface area contributed by atoms with Crippen molar-refractivity contribution in [1.82, 2.24) is 9.71 Å². The molecule has 0 bridgehead atoms. The molecule has 35 heavy (non-hydrogen) atoms. The van der Waals surface area contributed by atoms with E-state index in [0.717, 1.165) is 0 Å². The summed E-state index contributed by atoms with van der Waals surface area (Å²) in [5, 5.41) is 5.07. The van der Waals surface area contributed by atoms with Gasteiger partial charge in [0.2, 0.25) is 10.0 Å². The molecule has 3 aromatic rings. The van der Waals surface area contributed by atoms with Crippen LogP contribution in [0.2, 0.25) is 0 Å². The van der Waals surface area contributed by atoms with Crippen molar-refractivity contribution in [2.75, 3.05) is 10.6 Å². The number of carbonyl (C=O) groups excluding carboxylic acids is 1. The molecule has 0 spiro atoms. The molecule has 1 aromatic heterocycles. The van der Waals surface area contributed by atoms with Gasteiger partial charge in [0.25, 0.3) is 0 Å². The lowest BCUT2D eigenvalue weighted by atomic mass is 10.1. The highest BCUT2D eigenvalue weighted by atomic mass is 32.2. The van der Waals surface area contributed by atoms with Crippen molar-refractivity contribution in [3.05, 3.63) is 83.7 Å². The lowest BCUT2D eigenvalue weighted by molar-refractivity contribution is -0.143. The van der Waals surface area contributed by atoms with Crippen LogP contribution in [-0.4, -0.2) is 19.4 Å². The molecular formula is C21H16F6N4O3S. The van der Waals surface area contributed by atoms with Gasteiger partial charge in [0, 0.05) is 30.3 Å². The van der Waals surface area contributed by atoms with Gasteiger partial charge in [-0.15, -0.1) is 0 Å². The fraction of sp³-hybridized carbons (Fsp3) is 0.143. The number of hydrogen-bond donors (Lipinski definition) is 3. The number of nitrogens with zero attached hydrogens (tertiary/aromatic N) is 1. The quantitative estimate of drug-likeness (QED) is 0.389. The first-order valence-electron chi connectivity index (χ1n) is 9.61. The molecule has 0 radical (unpaired) electrons. The molecule has 0 saturated carbocycles. The van der Waals surface area contributed by atoms with Crippen molar-refractivity contribution < 1.29 is 39.6 Å². The van der Waals surface area contributed by atoms with Crippen LogP contribution in [0.4, 0.5) is 42.5 Å². The van der Waals surface area contributed by atoms with Crippen LogP contribution in [0.5, 0.6) is 0 Å². The summed E-state index contributed by atoms with van der Waals surface area (Å²) in [5.41, 5.74) is -2.19. The predicted molar refractivity (Wildman–Crippen MR) is 114 cm³/mol. The van der Waals surface area contributed by atoms with E-state index in [-0.39, 0.29) is 23.8 Å². The van der Waals surface area contributed by atoms with Gasteiger partial charge in [0.15, 0.2) is 0 Å². The van der Waals surface area contributed by atoms with Crippen LogP contribution < -0.4 is 15.4 Å². The van der Waals surface area contributed by atoms with Gasteiger partial charge in [-0.05, 0) is 48.0 Å². The Morgan fingerprint density at radius 2 is 1.37 bits per heavy atom. The molecular weight excluding hydrogens is 502 g/mol. The van der Waals surface area contributed by atoms with E-state index in [4.69, 9.17) is 0 Å². The number of halogens is 6. The molecule has 3 N–H and O–H groups in total. The van der Waals surface area contributed by atoms with Crippen molar-refractivity contribution >= 4 is 27.4 Å². The van der Waals surface area contributed by atoms with E-state index in [1.807, 2.05) is 4.72 Å². The zero-order chi connectivity index (χ0) is 25.9. The molecule has 0 unspecified atom stereocenters. The van der Waals surface area contributed by atoms with Gasteiger partial charge < -0.3 is 10.6 Å². The molecule has 0 aliphatic carbocycles. The third-order valence-corrected chi connectivity index (χ3v) is 5.96. The maximum Gasteiger partial charge on any atom is 0.417 e. The molecule has 14 heteroatoms. The van der Waals surface area contributed by atoms with Gasteiger partial charge in [-0.3, -0.25) is 4.98 Å². The topological polar surface area (TPSA) is 100 Å². The number of sulfonamides is 1. The van der Waals surface area contributed by atoms with Crippen molar-refractivity contribution in [3.63, 3.8) is 0 Å². The second-order valence-corrected chi connectivity index (χ2v) is 8.78. The van der Waals surface area contributed by atoms with Gasteiger partial charge in [-0.2, -0.15) is 26.3 Å². The number of aromatic nitrogens is 1. The molecule has 186 valence electrons. The maximum atomic E-state index is 13.2. The molecule has 2 aromatic carbocycles. The first kappa shape index (κ1) is 26.0. The number of benzene rings is 2. The van der Waals surface area contributed by atoms with E-state index < -0.39 is 51.0 Å². The van der Waals surface area contributed by atoms with Gasteiger partial charge in [0.05, 0.1) is 16.0 Å². The highest BCUT2D eigenvalue weighted by molar-refractivity contribution is 7.89. The Bertz CT molecular complexity index is 1300. The third kappa shape index (κ3) is 6.93. The van der Waals surface area contributed by atoms with E-state index in [0.29, 0.717) is 11.4 Å². The van der Waals surface area contributed by atoms with Gasteiger partial charge >= 0.3 is 18.4 Å². The minimum Gasteiger partial charge on any atom is -0.308 e. The lowest BCUT2D eigenvalue weighted by Gasteiger charge is -2.16. The Kier molecular flexibility index (Phi) is 7.36. The normalized spacial score (nSPS) is 12.3. The van der Waals surface area contributed by atoms with E-state index in [9.17, 15) is 39.6 Å². The Morgan fingerprint density at radius 3 is 1.91 bits per heavy atom. The molecule has 0 aliphatic rings. The predicted octanol–water partition coefficient (Wildman–Crippen LogP) is 5.24. The minimum atomic E-state index is -5.20. The summed E-state index contributed by atoms with van der Waals surface area (Å²) in [6, 6.07) is 8.29. The van der Waals surface area contributed by atoms with E-state index in [1.165, 1.54) is 36.7 Å². The first-order valence-corrected chi connectivity index (χ1v) is 11.1. The van der Waals surface area contributed by atoms with Crippen molar-refractivity contribution in [3.8, 4) is 0 Å². The van der Waals surface area contributed by atoms with E-state index in [2.05, 4.69) is 15.6 Å². The van der Waals surface area contributed by atoms with Gasteiger partial charge in [0.1, 0.15) is 0 Å². The Hall–Kier alpha value is -3.65. The van der Waals surface area contributed by atoms with Crippen molar-refractivity contribution in [2.24, 2.45) is 0 Å². The second kappa shape index (κ2) is 9.92. The van der Waals surface area contributed by atoms with Crippen LogP contribution in [-0.2, 0) is 28.9 Å². The maximum absolute atomic E-state index is 13.2. The van der Waals surface area contributed by atoms with Gasteiger partial charge in [-0.25, -0.2) is 17.9 Å². The summed E-state index contributed by atoms with van der Waals surface area (Å²) in [6.45, 7) is -0.515. The van der Waals surface area contributed by atoms with Gasteiger partial charge in [-0.1, -0.05) is 12.1 Å². The fourth-order valence-electron chi connectivity index (χ4n) is 2.85. The number of anilines is 2. The SMILES string of the molecule is O=C(Nc1ccncc1)Nc1ccc(CNS(=O)(=O)c2cc(C(F)(F)F)ccc2C(F)(F)F)cc1. The Labute approximate surface area is 195 Å². The summed E-state index contributed by atoms with van der Waals surface area (Å²) in [5.74, 6) is 0. The number of carbonyl (C=O) groups is 1. The first-order chi connectivity index (χ1) is 16.3. The van der Waals surface area contributed by atoms with Crippen LogP contribution in [0.15, 0.2) is 71.9 Å². The number of amides is 2. The standard InChI is InChI=1S/C21H16F6N4O3S/c22-20(23,24)14-3-6-17(21(25,26)27)18(11-14)35(33,34)29-12-13-1-4-15(5-2-13)30-19(32)31-16-7-9-28-10-8-16/h1-11,29H,12H2,(H2,28,30,31,32). The van der Waals surface area contributed by atoms with Crippen LogP contribution in [0.25, 0.3) is 0 Å². The average Bonchev–Trinajstić information content (AvgIpc) is 2.78. The Balaban J connectivity index is 1.72. The average molecular weight is 518 g/mol. The lowest BCUT2D eigenvalue weighted by Crippen LogP contribution is -2.26. The monoisotopic (exact) mass is 518 g/mol. The number of hydrogen-bond acceptors (Lipinski definition) is 4. The highest BCUT2D eigenvalue weighted by Gasteiger charge is 2.40. The number of urea groups is 1. The summed E-state index contributed by atoms with van der Waals surface area (Å²) in [4.78, 5) is 14.3. The smallest absolute Gasteiger partial charge is 0.308 e. The Morgan fingerprint density at radius 1 is 0.800 bits per heavy atom. The zero-order valence-corrected chi connectivity index (χ0v) is 18.2. The molecule has 0 saturated heterocycles. The molecule has 0 fully saturated rings. The number of alkyl halides is 6. The fourth-order valence-corrected chi connectivity index (χ4v) is 4.11. The van der Waals surface area contributed by atoms with Crippen LogP contribution in [0, 0.1) is 0 Å². The molecule has 0 aliphatic heterocycles. The van der Waals surface area contributed by atoms with E-state index in [1.54, 1.807) is 12.1 Å². The molecule has 7 nitrogen and oxygen atoms in total. The highest BCUT2D eigenvalue weighted by Crippen LogP contribution is 2.38. The summed E-state index contributed by atoms with van der Waals surface area (Å²) >= 11 is 0. The summed E-state index contributed by atoms with van der Waals surface area (Å²) in [6.07, 6.45) is -7.29. The molecule has 1 heterocycles. The number of pyridine rings is 1.